The van der Waals surface area contributed by atoms with Crippen LogP contribution in [-0.4, -0.2) is 64.4 Å². The van der Waals surface area contributed by atoms with E-state index in [0.717, 1.165) is 36.1 Å². The molecule has 9 heteroatoms. The number of amides is 2. The molecule has 0 saturated carbocycles. The number of anilines is 1. The van der Waals surface area contributed by atoms with E-state index in [1.807, 2.05) is 54.7 Å². The average molecular weight is 513 g/mol. The Labute approximate surface area is 222 Å². The first-order valence-electron chi connectivity index (χ1n) is 13.1. The highest BCUT2D eigenvalue weighted by Gasteiger charge is 2.35. The van der Waals surface area contributed by atoms with Gasteiger partial charge in [0.25, 0.3) is 5.91 Å². The summed E-state index contributed by atoms with van der Waals surface area (Å²) in [5, 5.41) is 17.7. The Hall–Kier alpha value is -4.11. The molecular formula is C29H32N6O3. The third-order valence-electron chi connectivity index (χ3n) is 7.07. The highest BCUT2D eigenvalue weighted by Crippen LogP contribution is 2.32. The molecule has 0 spiro atoms. The van der Waals surface area contributed by atoms with Crippen molar-refractivity contribution in [2.45, 2.75) is 31.7 Å². The van der Waals surface area contributed by atoms with Crippen LogP contribution in [0.4, 0.5) is 5.95 Å². The summed E-state index contributed by atoms with van der Waals surface area (Å²) in [4.78, 5) is 36.9. The van der Waals surface area contributed by atoms with Crippen molar-refractivity contribution in [3.05, 3.63) is 78.0 Å². The summed E-state index contributed by atoms with van der Waals surface area (Å²) >= 11 is 0. The van der Waals surface area contributed by atoms with Crippen molar-refractivity contribution in [1.82, 2.24) is 20.3 Å². The number of carbonyl (C=O) groups excluding carboxylic acids is 2. The zero-order valence-electron chi connectivity index (χ0n) is 21.2. The van der Waals surface area contributed by atoms with Gasteiger partial charge in [0.05, 0.1) is 11.7 Å². The second-order valence-corrected chi connectivity index (χ2v) is 9.56. The lowest BCUT2D eigenvalue weighted by Gasteiger charge is -2.33. The van der Waals surface area contributed by atoms with E-state index in [0.29, 0.717) is 37.6 Å². The van der Waals surface area contributed by atoms with Crippen molar-refractivity contribution in [2.75, 3.05) is 31.1 Å². The van der Waals surface area contributed by atoms with Crippen LogP contribution >= 0.6 is 0 Å². The van der Waals surface area contributed by atoms with Crippen LogP contribution in [0.2, 0.25) is 0 Å². The zero-order chi connectivity index (χ0) is 26.3. The molecule has 1 unspecified atom stereocenters. The SMILES string of the molecule is O=C(NCCCO)c1ccc(-c2ccnc(N3CCC(C(=O)N4N=CCC4c4ccccc4)CC3)n2)cc1. The number of aliphatic hydroxyl groups is 1. The van der Waals surface area contributed by atoms with Gasteiger partial charge in [-0.2, -0.15) is 5.10 Å². The Morgan fingerprint density at radius 3 is 2.50 bits per heavy atom. The molecule has 2 aliphatic heterocycles. The van der Waals surface area contributed by atoms with Crippen molar-refractivity contribution < 1.29 is 14.7 Å². The molecule has 1 saturated heterocycles. The molecule has 2 amide bonds. The Kier molecular flexibility index (Phi) is 8.04. The Morgan fingerprint density at radius 2 is 1.76 bits per heavy atom. The third-order valence-corrected chi connectivity index (χ3v) is 7.07. The number of hydrazone groups is 1. The maximum Gasteiger partial charge on any atom is 0.251 e. The predicted molar refractivity (Wildman–Crippen MR) is 146 cm³/mol. The molecular weight excluding hydrogens is 480 g/mol. The van der Waals surface area contributed by atoms with Crippen LogP contribution in [-0.2, 0) is 4.79 Å². The number of nitrogens with zero attached hydrogens (tertiary/aromatic N) is 5. The average Bonchev–Trinajstić information content (AvgIpc) is 3.48. The van der Waals surface area contributed by atoms with Gasteiger partial charge in [-0.15, -0.1) is 0 Å². The van der Waals surface area contributed by atoms with Crippen LogP contribution in [0, 0.1) is 5.92 Å². The van der Waals surface area contributed by atoms with Crippen LogP contribution in [0.15, 0.2) is 72.0 Å². The lowest BCUT2D eigenvalue weighted by molar-refractivity contribution is -0.138. The number of nitrogens with one attached hydrogen (secondary N) is 1. The number of benzene rings is 2. The standard InChI is InChI=1S/C29H32N6O3/c36-20-4-15-30-27(37)23-9-7-21(8-10-23)25-11-16-31-29(33-25)34-18-13-24(14-19-34)28(38)35-26(12-17-32-35)22-5-2-1-3-6-22/h1-3,5-11,16-17,24,26,36H,4,12-15,18-20H2,(H,30,37). The highest BCUT2D eigenvalue weighted by atomic mass is 16.3. The fourth-order valence-corrected chi connectivity index (χ4v) is 4.93. The van der Waals surface area contributed by atoms with Crippen molar-refractivity contribution in [2.24, 2.45) is 11.0 Å². The summed E-state index contributed by atoms with van der Waals surface area (Å²) in [6.45, 7) is 1.87. The molecule has 2 N–H and O–H groups in total. The quantitative estimate of drug-likeness (QED) is 0.448. The molecule has 3 aromatic rings. The Morgan fingerprint density at radius 1 is 1.00 bits per heavy atom. The number of carbonyl (C=O) groups is 2. The van der Waals surface area contributed by atoms with Gasteiger partial charge in [-0.05, 0) is 43.0 Å². The van der Waals surface area contributed by atoms with Gasteiger partial charge in [0, 0.05) is 62.1 Å². The molecule has 3 heterocycles. The molecule has 1 aromatic heterocycles. The highest BCUT2D eigenvalue weighted by molar-refractivity contribution is 5.94. The minimum atomic E-state index is -0.166. The molecule has 196 valence electrons. The molecule has 0 bridgehead atoms. The Balaban J connectivity index is 1.19. The molecule has 0 aliphatic carbocycles. The number of piperidine rings is 1. The normalized spacial score (nSPS) is 17.6. The number of hydrogen-bond donors (Lipinski definition) is 2. The fraction of sp³-hybridized carbons (Fsp3) is 0.345. The molecule has 1 fully saturated rings. The largest absolute Gasteiger partial charge is 0.396 e. The maximum absolute atomic E-state index is 13.3. The van der Waals surface area contributed by atoms with E-state index >= 15 is 0 Å². The smallest absolute Gasteiger partial charge is 0.251 e. The number of hydrogen-bond acceptors (Lipinski definition) is 7. The van der Waals surface area contributed by atoms with Crippen molar-refractivity contribution in [3.8, 4) is 11.3 Å². The first-order chi connectivity index (χ1) is 18.6. The van der Waals surface area contributed by atoms with Gasteiger partial charge in [-0.25, -0.2) is 15.0 Å². The van der Waals surface area contributed by atoms with Gasteiger partial charge in [0.15, 0.2) is 0 Å². The molecule has 2 aromatic carbocycles. The van der Waals surface area contributed by atoms with E-state index in [2.05, 4.69) is 20.3 Å². The topological polar surface area (TPSA) is 111 Å². The molecule has 2 aliphatic rings. The van der Waals surface area contributed by atoms with E-state index in [1.165, 1.54) is 0 Å². The summed E-state index contributed by atoms with van der Waals surface area (Å²) in [7, 11) is 0. The van der Waals surface area contributed by atoms with Gasteiger partial charge in [-0.1, -0.05) is 42.5 Å². The summed E-state index contributed by atoms with van der Waals surface area (Å²) in [6.07, 6.45) is 6.29. The van der Waals surface area contributed by atoms with Gasteiger partial charge < -0.3 is 15.3 Å². The lowest BCUT2D eigenvalue weighted by Crippen LogP contribution is -2.41. The lowest BCUT2D eigenvalue weighted by atomic mass is 9.94. The first kappa shape index (κ1) is 25.5. The van der Waals surface area contributed by atoms with Crippen molar-refractivity contribution >= 4 is 24.0 Å². The second-order valence-electron chi connectivity index (χ2n) is 9.56. The molecule has 1 atom stereocenters. The monoisotopic (exact) mass is 512 g/mol. The van der Waals surface area contributed by atoms with Crippen LogP contribution in [0.3, 0.4) is 0 Å². The summed E-state index contributed by atoms with van der Waals surface area (Å²) in [6, 6.07) is 19.2. The van der Waals surface area contributed by atoms with E-state index in [-0.39, 0.29) is 30.4 Å². The molecule has 38 heavy (non-hydrogen) atoms. The summed E-state index contributed by atoms with van der Waals surface area (Å²) in [5.74, 6) is 0.482. The van der Waals surface area contributed by atoms with Crippen LogP contribution < -0.4 is 10.2 Å². The van der Waals surface area contributed by atoms with Crippen molar-refractivity contribution in [3.63, 3.8) is 0 Å². The molecule has 9 nitrogen and oxygen atoms in total. The van der Waals surface area contributed by atoms with Gasteiger partial charge in [0.2, 0.25) is 11.9 Å². The predicted octanol–water partition coefficient (Wildman–Crippen LogP) is 3.43. The van der Waals surface area contributed by atoms with E-state index in [1.54, 1.807) is 23.3 Å². The van der Waals surface area contributed by atoms with E-state index in [9.17, 15) is 9.59 Å². The minimum absolute atomic E-state index is 0.0280. The summed E-state index contributed by atoms with van der Waals surface area (Å²) in [5.41, 5.74) is 3.34. The number of aliphatic hydroxyl groups excluding tert-OH is 1. The van der Waals surface area contributed by atoms with E-state index < -0.39 is 0 Å². The summed E-state index contributed by atoms with van der Waals surface area (Å²) < 4.78 is 0. The third kappa shape index (κ3) is 5.73. The van der Waals surface area contributed by atoms with Gasteiger partial charge in [0.1, 0.15) is 0 Å². The minimum Gasteiger partial charge on any atom is -0.396 e. The van der Waals surface area contributed by atoms with Crippen LogP contribution in [0.5, 0.6) is 0 Å². The Bertz CT molecular complexity index is 1270. The number of rotatable bonds is 8. The van der Waals surface area contributed by atoms with Crippen molar-refractivity contribution in [1.29, 1.82) is 0 Å². The molecule has 5 rings (SSSR count). The maximum atomic E-state index is 13.3. The first-order valence-corrected chi connectivity index (χ1v) is 13.1. The fourth-order valence-electron chi connectivity index (χ4n) is 4.93. The van der Waals surface area contributed by atoms with Crippen LogP contribution in [0.1, 0.15) is 47.6 Å². The second kappa shape index (κ2) is 12.0. The van der Waals surface area contributed by atoms with Gasteiger partial charge in [-0.3, -0.25) is 9.59 Å². The van der Waals surface area contributed by atoms with Gasteiger partial charge >= 0.3 is 0 Å². The zero-order valence-corrected chi connectivity index (χ0v) is 21.2. The molecule has 0 radical (unpaired) electrons. The van der Waals surface area contributed by atoms with Crippen LogP contribution in [0.25, 0.3) is 11.3 Å². The van der Waals surface area contributed by atoms with E-state index in [4.69, 9.17) is 10.1 Å². The number of aromatic nitrogens is 2.